The van der Waals surface area contributed by atoms with Crippen LogP contribution in [0, 0.1) is 0 Å². The molecule has 4 rings (SSSR count). The second kappa shape index (κ2) is 10.1. The van der Waals surface area contributed by atoms with Crippen LogP contribution in [0.25, 0.3) is 0 Å². The number of benzene rings is 2. The molecule has 33 heavy (non-hydrogen) atoms. The van der Waals surface area contributed by atoms with Crippen molar-refractivity contribution in [3.05, 3.63) is 53.6 Å². The standard InChI is InChI=1S/C24H31N3O5S/c1-25(18-20-7-3-4-8-21(20)26-13-15-32-16-14-26)24(28)19-9-10-22(31-2)23(17-19)33(29,30)27-11-5-6-12-27/h3-4,7-10,17H,5-6,11-16,18H2,1-2H3. The van der Waals surface area contributed by atoms with Crippen LogP contribution in [0.15, 0.2) is 47.4 Å². The molecule has 2 heterocycles. The predicted octanol–water partition coefficient (Wildman–Crippen LogP) is 2.59. The van der Waals surface area contributed by atoms with Crippen molar-refractivity contribution in [3.8, 4) is 5.75 Å². The van der Waals surface area contributed by atoms with Crippen molar-refractivity contribution in [2.24, 2.45) is 0 Å². The minimum atomic E-state index is -3.72. The molecule has 2 fully saturated rings. The lowest BCUT2D eigenvalue weighted by molar-refractivity contribution is 0.0784. The Hall–Kier alpha value is -2.62. The van der Waals surface area contributed by atoms with Gasteiger partial charge < -0.3 is 19.3 Å². The maximum atomic E-state index is 13.3. The van der Waals surface area contributed by atoms with Crippen LogP contribution in [0.4, 0.5) is 5.69 Å². The third kappa shape index (κ3) is 5.00. The van der Waals surface area contributed by atoms with E-state index in [-0.39, 0.29) is 16.6 Å². The van der Waals surface area contributed by atoms with Gasteiger partial charge in [-0.05, 0) is 42.7 Å². The van der Waals surface area contributed by atoms with E-state index in [4.69, 9.17) is 9.47 Å². The molecule has 2 saturated heterocycles. The van der Waals surface area contributed by atoms with Gasteiger partial charge in [-0.1, -0.05) is 18.2 Å². The van der Waals surface area contributed by atoms with Crippen LogP contribution < -0.4 is 9.64 Å². The molecule has 2 aromatic rings. The number of hydrogen-bond acceptors (Lipinski definition) is 6. The second-order valence-corrected chi connectivity index (χ2v) is 10.3. The Balaban J connectivity index is 1.57. The lowest BCUT2D eigenvalue weighted by Gasteiger charge is -2.31. The highest BCUT2D eigenvalue weighted by atomic mass is 32.2. The van der Waals surface area contributed by atoms with Gasteiger partial charge in [0.1, 0.15) is 10.6 Å². The number of hydrogen-bond donors (Lipinski definition) is 0. The minimum absolute atomic E-state index is 0.0415. The van der Waals surface area contributed by atoms with Crippen LogP contribution in [-0.4, -0.2) is 77.1 Å². The van der Waals surface area contributed by atoms with Crippen LogP contribution in [0.5, 0.6) is 5.75 Å². The number of carbonyl (C=O) groups excluding carboxylic acids is 1. The number of ether oxygens (including phenoxy) is 2. The number of anilines is 1. The van der Waals surface area contributed by atoms with E-state index in [0.29, 0.717) is 38.4 Å². The quantitative estimate of drug-likeness (QED) is 0.615. The summed E-state index contributed by atoms with van der Waals surface area (Å²) >= 11 is 0. The highest BCUT2D eigenvalue weighted by molar-refractivity contribution is 7.89. The fourth-order valence-electron chi connectivity index (χ4n) is 4.38. The molecule has 0 aromatic heterocycles. The molecule has 0 atom stereocenters. The molecule has 0 bridgehead atoms. The number of morpholine rings is 1. The van der Waals surface area contributed by atoms with Gasteiger partial charge in [-0.15, -0.1) is 0 Å². The lowest BCUT2D eigenvalue weighted by Crippen LogP contribution is -2.37. The summed E-state index contributed by atoms with van der Waals surface area (Å²) in [6.07, 6.45) is 1.68. The normalized spacial score (nSPS) is 17.2. The molecule has 8 nitrogen and oxygen atoms in total. The maximum absolute atomic E-state index is 13.3. The van der Waals surface area contributed by atoms with Crippen molar-refractivity contribution < 1.29 is 22.7 Å². The van der Waals surface area contributed by atoms with Gasteiger partial charge in [0, 0.05) is 51.0 Å². The van der Waals surface area contributed by atoms with Crippen LogP contribution in [0.3, 0.4) is 0 Å². The van der Waals surface area contributed by atoms with E-state index >= 15 is 0 Å². The number of para-hydroxylation sites is 1. The maximum Gasteiger partial charge on any atom is 0.253 e. The van der Waals surface area contributed by atoms with Crippen LogP contribution >= 0.6 is 0 Å². The van der Waals surface area contributed by atoms with E-state index < -0.39 is 10.0 Å². The zero-order chi connectivity index (χ0) is 23.4. The van der Waals surface area contributed by atoms with Gasteiger partial charge >= 0.3 is 0 Å². The molecule has 2 aliphatic heterocycles. The Labute approximate surface area is 195 Å². The summed E-state index contributed by atoms with van der Waals surface area (Å²) in [5.74, 6) is 0.00562. The van der Waals surface area contributed by atoms with Gasteiger partial charge in [0.25, 0.3) is 5.91 Å². The third-order valence-corrected chi connectivity index (χ3v) is 8.11. The summed E-state index contributed by atoms with van der Waals surface area (Å²) in [4.78, 5) is 17.2. The molecule has 178 valence electrons. The Bertz CT molecular complexity index is 1090. The largest absolute Gasteiger partial charge is 0.495 e. The summed E-state index contributed by atoms with van der Waals surface area (Å²) in [5, 5.41) is 0. The van der Waals surface area contributed by atoms with Gasteiger partial charge in [-0.25, -0.2) is 8.42 Å². The molecule has 0 unspecified atom stereocenters. The number of methoxy groups -OCH3 is 1. The molecule has 1 amide bonds. The fourth-order valence-corrected chi connectivity index (χ4v) is 6.08. The first-order valence-corrected chi connectivity index (χ1v) is 12.7. The number of rotatable bonds is 7. The smallest absolute Gasteiger partial charge is 0.253 e. The van der Waals surface area contributed by atoms with Crippen molar-refractivity contribution in [2.75, 3.05) is 58.5 Å². The Morgan fingerprint density at radius 3 is 2.45 bits per heavy atom. The average Bonchev–Trinajstić information content (AvgIpc) is 3.40. The van der Waals surface area contributed by atoms with E-state index in [1.54, 1.807) is 24.1 Å². The molecule has 2 aliphatic rings. The highest BCUT2D eigenvalue weighted by Gasteiger charge is 2.31. The number of sulfonamides is 1. The van der Waals surface area contributed by atoms with Crippen molar-refractivity contribution in [1.82, 2.24) is 9.21 Å². The Kier molecular flexibility index (Phi) is 7.21. The van der Waals surface area contributed by atoms with Crippen LogP contribution in [0.1, 0.15) is 28.8 Å². The molecule has 2 aromatic carbocycles. The minimum Gasteiger partial charge on any atom is -0.495 e. The van der Waals surface area contributed by atoms with E-state index in [2.05, 4.69) is 11.0 Å². The zero-order valence-corrected chi connectivity index (χ0v) is 20.0. The van der Waals surface area contributed by atoms with Gasteiger partial charge in [0.2, 0.25) is 10.0 Å². The van der Waals surface area contributed by atoms with E-state index in [1.807, 2.05) is 18.2 Å². The molecule has 0 radical (unpaired) electrons. The molecular formula is C24H31N3O5S. The van der Waals surface area contributed by atoms with E-state index in [9.17, 15) is 13.2 Å². The molecule has 0 saturated carbocycles. The predicted molar refractivity (Wildman–Crippen MR) is 126 cm³/mol. The monoisotopic (exact) mass is 473 g/mol. The first-order valence-electron chi connectivity index (χ1n) is 11.3. The first-order chi connectivity index (χ1) is 15.9. The average molecular weight is 474 g/mol. The van der Waals surface area contributed by atoms with Gasteiger partial charge in [0.05, 0.1) is 20.3 Å². The summed E-state index contributed by atoms with van der Waals surface area (Å²) < 4.78 is 38.6. The van der Waals surface area contributed by atoms with Gasteiger partial charge in [0.15, 0.2) is 0 Å². The fraction of sp³-hybridized carbons (Fsp3) is 0.458. The number of amides is 1. The van der Waals surface area contributed by atoms with Gasteiger partial charge in [-0.2, -0.15) is 4.31 Å². The molecule has 0 spiro atoms. The van der Waals surface area contributed by atoms with Crippen LogP contribution in [-0.2, 0) is 21.3 Å². The summed E-state index contributed by atoms with van der Waals surface area (Å²) in [6, 6.07) is 12.7. The second-order valence-electron chi connectivity index (χ2n) is 8.37. The highest BCUT2D eigenvalue weighted by Crippen LogP contribution is 2.30. The SMILES string of the molecule is COc1ccc(C(=O)N(C)Cc2ccccc2N2CCOCC2)cc1S(=O)(=O)N1CCCC1. The lowest BCUT2D eigenvalue weighted by atomic mass is 10.1. The van der Waals surface area contributed by atoms with E-state index in [0.717, 1.165) is 37.2 Å². The topological polar surface area (TPSA) is 79.4 Å². The van der Waals surface area contributed by atoms with Crippen molar-refractivity contribution >= 4 is 21.6 Å². The van der Waals surface area contributed by atoms with Crippen molar-refractivity contribution in [2.45, 2.75) is 24.3 Å². The molecule has 0 N–H and O–H groups in total. The van der Waals surface area contributed by atoms with Crippen molar-refractivity contribution in [3.63, 3.8) is 0 Å². The zero-order valence-electron chi connectivity index (χ0n) is 19.2. The van der Waals surface area contributed by atoms with Crippen LogP contribution in [0.2, 0.25) is 0 Å². The number of carbonyl (C=O) groups is 1. The van der Waals surface area contributed by atoms with Crippen molar-refractivity contribution in [1.29, 1.82) is 0 Å². The number of nitrogens with zero attached hydrogens (tertiary/aromatic N) is 3. The molecule has 0 aliphatic carbocycles. The Morgan fingerprint density at radius 1 is 1.06 bits per heavy atom. The third-order valence-electron chi connectivity index (χ3n) is 6.19. The summed E-state index contributed by atoms with van der Waals surface area (Å²) in [6.45, 7) is 4.37. The Morgan fingerprint density at radius 2 is 1.76 bits per heavy atom. The summed E-state index contributed by atoms with van der Waals surface area (Å²) in [5.41, 5.74) is 2.45. The first kappa shape index (κ1) is 23.5. The van der Waals surface area contributed by atoms with Gasteiger partial charge in [-0.3, -0.25) is 4.79 Å². The molecule has 9 heteroatoms. The molecular weight excluding hydrogens is 442 g/mol. The van der Waals surface area contributed by atoms with E-state index in [1.165, 1.54) is 17.5 Å². The summed E-state index contributed by atoms with van der Waals surface area (Å²) in [7, 11) is -0.552.